The number of para-hydroxylation sites is 1. The van der Waals surface area contributed by atoms with Gasteiger partial charge in [0.25, 0.3) is 5.56 Å². The van der Waals surface area contributed by atoms with Crippen molar-refractivity contribution in [1.82, 2.24) is 24.3 Å². The largest absolute Gasteiger partial charge is 0.454 e. The predicted molar refractivity (Wildman–Crippen MR) is 116 cm³/mol. The van der Waals surface area contributed by atoms with Crippen LogP contribution in [0.4, 0.5) is 0 Å². The first kappa shape index (κ1) is 19.0. The van der Waals surface area contributed by atoms with Gasteiger partial charge in [-0.2, -0.15) is 0 Å². The van der Waals surface area contributed by atoms with Crippen LogP contribution >= 0.6 is 11.3 Å². The van der Waals surface area contributed by atoms with Gasteiger partial charge in [-0.25, -0.2) is 24.7 Å². The Morgan fingerprint density at radius 2 is 1.94 bits per heavy atom. The number of pyridine rings is 1. The van der Waals surface area contributed by atoms with Crippen molar-refractivity contribution in [2.75, 3.05) is 0 Å². The number of carbonyl (C=O) groups is 1. The number of hydrogen-bond donors (Lipinski definition) is 0. The molecule has 9 heteroatoms. The first-order valence-electron chi connectivity index (χ1n) is 9.42. The van der Waals surface area contributed by atoms with Gasteiger partial charge in [-0.1, -0.05) is 18.2 Å². The summed E-state index contributed by atoms with van der Waals surface area (Å²) in [4.78, 5) is 42.6. The molecule has 0 saturated carbocycles. The van der Waals surface area contributed by atoms with Gasteiger partial charge < -0.3 is 4.74 Å². The third kappa shape index (κ3) is 3.55. The number of hydrogen-bond acceptors (Lipinski definition) is 8. The van der Waals surface area contributed by atoms with Crippen molar-refractivity contribution in [2.45, 2.75) is 13.5 Å². The third-order valence-electron chi connectivity index (χ3n) is 4.68. The second-order valence-electron chi connectivity index (χ2n) is 6.79. The highest BCUT2D eigenvalue weighted by atomic mass is 32.1. The van der Waals surface area contributed by atoms with E-state index in [0.29, 0.717) is 22.0 Å². The van der Waals surface area contributed by atoms with Crippen LogP contribution in [0.15, 0.2) is 65.8 Å². The van der Waals surface area contributed by atoms with Crippen LogP contribution in [0.5, 0.6) is 0 Å². The molecule has 31 heavy (non-hydrogen) atoms. The zero-order chi connectivity index (χ0) is 21.4. The van der Waals surface area contributed by atoms with Gasteiger partial charge in [0.1, 0.15) is 23.0 Å². The predicted octanol–water partition coefficient (Wildman–Crippen LogP) is 3.43. The van der Waals surface area contributed by atoms with E-state index < -0.39 is 5.97 Å². The van der Waals surface area contributed by atoms with E-state index in [1.807, 2.05) is 37.3 Å². The average Bonchev–Trinajstić information content (AvgIpc) is 3.22. The second-order valence-corrected chi connectivity index (χ2v) is 7.82. The number of rotatable bonds is 4. The van der Waals surface area contributed by atoms with Crippen LogP contribution < -0.4 is 5.56 Å². The molecule has 0 fully saturated rings. The summed E-state index contributed by atoms with van der Waals surface area (Å²) in [6, 6.07) is 12.7. The van der Waals surface area contributed by atoms with E-state index in [0.717, 1.165) is 15.8 Å². The van der Waals surface area contributed by atoms with Crippen molar-refractivity contribution in [3.8, 4) is 10.7 Å². The van der Waals surface area contributed by atoms with Crippen LogP contribution in [0.1, 0.15) is 21.7 Å². The van der Waals surface area contributed by atoms with Crippen LogP contribution in [0, 0.1) is 6.92 Å². The van der Waals surface area contributed by atoms with Gasteiger partial charge in [-0.15, -0.1) is 11.3 Å². The Kier molecular flexibility index (Phi) is 4.72. The van der Waals surface area contributed by atoms with E-state index in [-0.39, 0.29) is 17.9 Å². The van der Waals surface area contributed by atoms with Gasteiger partial charge >= 0.3 is 5.97 Å². The van der Waals surface area contributed by atoms with Crippen LogP contribution in [-0.2, 0) is 11.3 Å². The van der Waals surface area contributed by atoms with Crippen molar-refractivity contribution in [2.24, 2.45) is 0 Å². The summed E-state index contributed by atoms with van der Waals surface area (Å²) in [5.41, 5.74) is 2.73. The molecule has 0 aliphatic heterocycles. The average molecular weight is 429 g/mol. The number of benzene rings is 1. The van der Waals surface area contributed by atoms with E-state index in [1.165, 1.54) is 34.2 Å². The number of thiazole rings is 1. The van der Waals surface area contributed by atoms with E-state index in [1.54, 1.807) is 12.3 Å². The lowest BCUT2D eigenvalue weighted by atomic mass is 10.3. The van der Waals surface area contributed by atoms with Crippen LogP contribution in [0.2, 0.25) is 0 Å². The molecule has 0 radical (unpaired) electrons. The van der Waals surface area contributed by atoms with Crippen molar-refractivity contribution in [3.05, 3.63) is 88.4 Å². The highest BCUT2D eigenvalue weighted by molar-refractivity contribution is 7.21. The normalized spacial score (nSPS) is 11.1. The van der Waals surface area contributed by atoms with Crippen molar-refractivity contribution >= 4 is 33.2 Å². The Hall–Kier alpha value is -3.98. The molecule has 0 unspecified atom stereocenters. The van der Waals surface area contributed by atoms with E-state index in [4.69, 9.17) is 4.74 Å². The molecule has 0 saturated heterocycles. The molecule has 0 atom stereocenters. The lowest BCUT2D eigenvalue weighted by Gasteiger charge is -2.08. The summed E-state index contributed by atoms with van der Waals surface area (Å²) in [7, 11) is 0. The standard InChI is InChI=1S/C22H15N5O3S/c1-13-5-4-10-27-17(28)11-14(25-20(13)27)12-30-22(29)19-18(23-8-9-24-19)21-26-15-6-2-3-7-16(15)31-21/h2-11H,12H2,1H3. The SMILES string of the molecule is Cc1cccn2c(=O)cc(COC(=O)c3nccnc3-c3nc4ccccc4s3)nc12. The summed E-state index contributed by atoms with van der Waals surface area (Å²) in [5, 5.41) is 0.582. The van der Waals surface area contributed by atoms with Gasteiger partial charge in [0.15, 0.2) is 5.69 Å². The number of aromatic nitrogens is 5. The molecule has 152 valence electrons. The number of fused-ring (bicyclic) bond motifs is 2. The molecule has 0 N–H and O–H groups in total. The summed E-state index contributed by atoms with van der Waals surface area (Å²) in [5.74, 6) is -0.658. The van der Waals surface area contributed by atoms with Gasteiger partial charge in [-0.3, -0.25) is 9.20 Å². The van der Waals surface area contributed by atoms with E-state index >= 15 is 0 Å². The smallest absolute Gasteiger partial charge is 0.359 e. The minimum absolute atomic E-state index is 0.0650. The molecule has 1 aromatic carbocycles. The molecular formula is C22H15N5O3S. The minimum Gasteiger partial charge on any atom is -0.454 e. The molecule has 0 amide bonds. The fraction of sp³-hybridized carbons (Fsp3) is 0.0909. The van der Waals surface area contributed by atoms with Gasteiger partial charge in [-0.05, 0) is 30.7 Å². The highest BCUT2D eigenvalue weighted by Gasteiger charge is 2.20. The van der Waals surface area contributed by atoms with Gasteiger partial charge in [0, 0.05) is 24.7 Å². The number of carbonyl (C=O) groups excluding carboxylic acids is 1. The summed E-state index contributed by atoms with van der Waals surface area (Å²) < 4.78 is 7.86. The van der Waals surface area contributed by atoms with Crippen LogP contribution in [0.3, 0.4) is 0 Å². The Morgan fingerprint density at radius 1 is 1.10 bits per heavy atom. The Bertz CT molecular complexity index is 1480. The zero-order valence-electron chi connectivity index (χ0n) is 16.3. The van der Waals surface area contributed by atoms with Gasteiger partial charge in [0.05, 0.1) is 15.9 Å². The molecule has 8 nitrogen and oxygen atoms in total. The quantitative estimate of drug-likeness (QED) is 0.404. The monoisotopic (exact) mass is 429 g/mol. The van der Waals surface area contributed by atoms with Crippen LogP contribution in [-0.4, -0.2) is 30.3 Å². The van der Waals surface area contributed by atoms with Crippen molar-refractivity contribution < 1.29 is 9.53 Å². The first-order chi connectivity index (χ1) is 15.1. The first-order valence-corrected chi connectivity index (χ1v) is 10.2. The zero-order valence-corrected chi connectivity index (χ0v) is 17.2. The molecule has 0 aliphatic rings. The molecule has 5 aromatic rings. The number of nitrogens with zero attached hydrogens (tertiary/aromatic N) is 5. The van der Waals surface area contributed by atoms with E-state index in [9.17, 15) is 9.59 Å². The second kappa shape index (κ2) is 7.69. The lowest BCUT2D eigenvalue weighted by Crippen LogP contribution is -2.17. The van der Waals surface area contributed by atoms with Crippen LogP contribution in [0.25, 0.3) is 26.6 Å². The number of ether oxygens (including phenoxy) is 1. The summed E-state index contributed by atoms with van der Waals surface area (Å²) in [6.45, 7) is 1.70. The summed E-state index contributed by atoms with van der Waals surface area (Å²) >= 11 is 1.42. The van der Waals surface area contributed by atoms with Crippen molar-refractivity contribution in [3.63, 3.8) is 0 Å². The fourth-order valence-corrected chi connectivity index (χ4v) is 4.17. The minimum atomic E-state index is -0.658. The van der Waals surface area contributed by atoms with E-state index in [2.05, 4.69) is 19.9 Å². The number of esters is 1. The molecule has 0 bridgehead atoms. The van der Waals surface area contributed by atoms with Gasteiger partial charge in [0.2, 0.25) is 0 Å². The molecule has 5 rings (SSSR count). The Balaban J connectivity index is 1.44. The summed E-state index contributed by atoms with van der Waals surface area (Å²) in [6.07, 6.45) is 4.58. The highest BCUT2D eigenvalue weighted by Crippen LogP contribution is 2.30. The maximum Gasteiger partial charge on any atom is 0.359 e. The molecule has 4 aromatic heterocycles. The third-order valence-corrected chi connectivity index (χ3v) is 5.72. The molecule has 0 spiro atoms. The Morgan fingerprint density at radius 3 is 2.81 bits per heavy atom. The van der Waals surface area contributed by atoms with Crippen molar-refractivity contribution in [1.29, 1.82) is 0 Å². The molecule has 0 aliphatic carbocycles. The number of aryl methyl sites for hydroxylation is 1. The molecular weight excluding hydrogens is 414 g/mol. The maximum absolute atomic E-state index is 12.8. The Labute approximate surface area is 179 Å². The lowest BCUT2D eigenvalue weighted by molar-refractivity contribution is 0.0461. The fourth-order valence-electron chi connectivity index (χ4n) is 3.21. The molecule has 4 heterocycles. The maximum atomic E-state index is 12.8. The topological polar surface area (TPSA) is 99.3 Å².